The molecular formula is C11H21NO2. The second kappa shape index (κ2) is 6.17. The lowest BCUT2D eigenvalue weighted by Crippen LogP contribution is -2.38. The number of rotatable bonds is 5. The summed E-state index contributed by atoms with van der Waals surface area (Å²) in [5.41, 5.74) is 0. The van der Waals surface area contributed by atoms with Gasteiger partial charge in [-0.25, -0.2) is 0 Å². The number of ether oxygens (including phenoxy) is 1. The molecule has 3 heteroatoms. The van der Waals surface area contributed by atoms with Crippen LogP contribution in [0.4, 0.5) is 0 Å². The molecular weight excluding hydrogens is 178 g/mol. The largest absolute Gasteiger partial charge is 0.389 e. The Balaban J connectivity index is 2.29. The van der Waals surface area contributed by atoms with Crippen LogP contribution in [0.15, 0.2) is 12.2 Å². The highest BCUT2D eigenvalue weighted by Crippen LogP contribution is 2.15. The first-order chi connectivity index (χ1) is 6.74. The maximum Gasteiger partial charge on any atom is 0.0900 e. The summed E-state index contributed by atoms with van der Waals surface area (Å²) in [6.45, 7) is 1.10. The Hall–Kier alpha value is -0.380. The predicted molar refractivity (Wildman–Crippen MR) is 57.3 cm³/mol. The van der Waals surface area contributed by atoms with Gasteiger partial charge in [0, 0.05) is 19.7 Å². The van der Waals surface area contributed by atoms with Crippen molar-refractivity contribution in [3.63, 3.8) is 0 Å². The normalized spacial score (nSPS) is 24.1. The third-order valence-electron chi connectivity index (χ3n) is 2.65. The van der Waals surface area contributed by atoms with Crippen LogP contribution in [0.1, 0.15) is 19.3 Å². The number of likely N-dealkylation sites (N-methyl/N-ethyl adjacent to an activating group) is 1. The Morgan fingerprint density at radius 2 is 2.43 bits per heavy atom. The van der Waals surface area contributed by atoms with Crippen molar-refractivity contribution in [3.05, 3.63) is 12.2 Å². The minimum Gasteiger partial charge on any atom is -0.389 e. The fourth-order valence-electron chi connectivity index (χ4n) is 1.87. The van der Waals surface area contributed by atoms with Gasteiger partial charge in [-0.1, -0.05) is 12.2 Å². The van der Waals surface area contributed by atoms with Crippen molar-refractivity contribution in [1.29, 1.82) is 0 Å². The van der Waals surface area contributed by atoms with E-state index in [1.54, 1.807) is 7.11 Å². The first kappa shape index (κ1) is 11.7. The van der Waals surface area contributed by atoms with Gasteiger partial charge in [-0.05, 0) is 26.3 Å². The summed E-state index contributed by atoms with van der Waals surface area (Å²) in [7, 11) is 3.67. The summed E-state index contributed by atoms with van der Waals surface area (Å²) in [6, 6.07) is 0.496. The SMILES string of the molecule is COCC(O)CN(C)C1C=CCCC1. The first-order valence-electron chi connectivity index (χ1n) is 5.28. The number of aliphatic hydroxyl groups is 1. The van der Waals surface area contributed by atoms with Crippen LogP contribution in [0.5, 0.6) is 0 Å². The quantitative estimate of drug-likeness (QED) is 0.671. The molecule has 0 saturated heterocycles. The van der Waals surface area contributed by atoms with Gasteiger partial charge < -0.3 is 9.84 Å². The van der Waals surface area contributed by atoms with E-state index in [2.05, 4.69) is 24.1 Å². The smallest absolute Gasteiger partial charge is 0.0900 e. The van der Waals surface area contributed by atoms with Gasteiger partial charge in [0.25, 0.3) is 0 Å². The summed E-state index contributed by atoms with van der Waals surface area (Å²) < 4.78 is 4.90. The Bertz CT molecular complexity index is 182. The van der Waals surface area contributed by atoms with Gasteiger partial charge in [-0.15, -0.1) is 0 Å². The Kier molecular flexibility index (Phi) is 5.15. The molecule has 0 aromatic rings. The highest BCUT2D eigenvalue weighted by atomic mass is 16.5. The van der Waals surface area contributed by atoms with E-state index in [1.807, 2.05) is 0 Å². The van der Waals surface area contributed by atoms with Crippen LogP contribution in [0.25, 0.3) is 0 Å². The van der Waals surface area contributed by atoms with Gasteiger partial charge in [0.05, 0.1) is 12.7 Å². The molecule has 0 saturated carbocycles. The number of hydrogen-bond acceptors (Lipinski definition) is 3. The molecule has 3 nitrogen and oxygen atoms in total. The molecule has 0 bridgehead atoms. The first-order valence-corrected chi connectivity index (χ1v) is 5.28. The molecule has 1 aliphatic rings. The minimum absolute atomic E-state index is 0.375. The summed E-state index contributed by atoms with van der Waals surface area (Å²) in [5.74, 6) is 0. The molecule has 0 amide bonds. The van der Waals surface area contributed by atoms with Crippen molar-refractivity contribution in [2.24, 2.45) is 0 Å². The molecule has 1 N–H and O–H groups in total. The van der Waals surface area contributed by atoms with Gasteiger partial charge in [0.1, 0.15) is 0 Å². The van der Waals surface area contributed by atoms with Crippen LogP contribution in [0, 0.1) is 0 Å². The fourth-order valence-corrected chi connectivity index (χ4v) is 1.87. The number of aliphatic hydroxyl groups excluding tert-OH is 1. The average Bonchev–Trinajstić information content (AvgIpc) is 2.19. The lowest BCUT2D eigenvalue weighted by molar-refractivity contribution is 0.0372. The average molecular weight is 199 g/mol. The molecule has 1 rings (SSSR count). The molecule has 2 atom stereocenters. The summed E-state index contributed by atoms with van der Waals surface area (Å²) in [6.07, 6.45) is 7.75. The Morgan fingerprint density at radius 1 is 1.64 bits per heavy atom. The van der Waals surface area contributed by atoms with Crippen LogP contribution in [-0.4, -0.2) is 49.5 Å². The molecule has 2 unspecified atom stereocenters. The minimum atomic E-state index is -0.375. The van der Waals surface area contributed by atoms with Crippen LogP contribution in [-0.2, 0) is 4.74 Å². The fraction of sp³-hybridized carbons (Fsp3) is 0.818. The molecule has 0 radical (unpaired) electrons. The van der Waals surface area contributed by atoms with Gasteiger partial charge >= 0.3 is 0 Å². The summed E-state index contributed by atoms with van der Waals surface area (Å²) >= 11 is 0. The van der Waals surface area contributed by atoms with E-state index >= 15 is 0 Å². The highest BCUT2D eigenvalue weighted by molar-refractivity contribution is 4.98. The molecule has 0 aromatic heterocycles. The molecule has 82 valence electrons. The topological polar surface area (TPSA) is 32.7 Å². The molecule has 1 aliphatic carbocycles. The number of hydrogen-bond donors (Lipinski definition) is 1. The number of nitrogens with zero attached hydrogens (tertiary/aromatic N) is 1. The van der Waals surface area contributed by atoms with E-state index in [1.165, 1.54) is 19.3 Å². The van der Waals surface area contributed by atoms with Gasteiger partial charge in [0.2, 0.25) is 0 Å². The Labute approximate surface area is 86.4 Å². The molecule has 0 aliphatic heterocycles. The monoisotopic (exact) mass is 199 g/mol. The second-order valence-electron chi connectivity index (χ2n) is 3.98. The zero-order chi connectivity index (χ0) is 10.4. The number of allylic oxidation sites excluding steroid dienone is 1. The third kappa shape index (κ3) is 3.78. The molecule has 0 spiro atoms. The lowest BCUT2D eigenvalue weighted by Gasteiger charge is -2.29. The standard InChI is InChI=1S/C11H21NO2/c1-12(8-11(13)9-14-2)10-6-4-3-5-7-10/h4,6,10-11,13H,3,5,7-9H2,1-2H3. The van der Waals surface area contributed by atoms with E-state index in [4.69, 9.17) is 4.74 Å². The predicted octanol–water partition coefficient (Wildman–Crippen LogP) is 1.03. The second-order valence-corrected chi connectivity index (χ2v) is 3.98. The van der Waals surface area contributed by atoms with Crippen molar-refractivity contribution in [2.45, 2.75) is 31.4 Å². The van der Waals surface area contributed by atoms with E-state index in [9.17, 15) is 5.11 Å². The van der Waals surface area contributed by atoms with Crippen molar-refractivity contribution >= 4 is 0 Å². The van der Waals surface area contributed by atoms with Gasteiger partial charge in [-0.3, -0.25) is 4.90 Å². The molecule has 0 heterocycles. The van der Waals surface area contributed by atoms with E-state index in [-0.39, 0.29) is 6.10 Å². The van der Waals surface area contributed by atoms with Crippen molar-refractivity contribution in [1.82, 2.24) is 4.90 Å². The molecule has 14 heavy (non-hydrogen) atoms. The summed E-state index contributed by atoms with van der Waals surface area (Å²) in [4.78, 5) is 2.19. The van der Waals surface area contributed by atoms with Crippen molar-refractivity contribution in [2.75, 3.05) is 27.3 Å². The van der Waals surface area contributed by atoms with Crippen LogP contribution >= 0.6 is 0 Å². The molecule has 0 fully saturated rings. The number of methoxy groups -OCH3 is 1. The zero-order valence-electron chi connectivity index (χ0n) is 9.15. The van der Waals surface area contributed by atoms with Crippen LogP contribution in [0.2, 0.25) is 0 Å². The van der Waals surface area contributed by atoms with E-state index < -0.39 is 0 Å². The highest BCUT2D eigenvalue weighted by Gasteiger charge is 2.16. The van der Waals surface area contributed by atoms with Crippen molar-refractivity contribution in [3.8, 4) is 0 Å². The zero-order valence-corrected chi connectivity index (χ0v) is 9.15. The maximum absolute atomic E-state index is 9.56. The third-order valence-corrected chi connectivity index (χ3v) is 2.65. The Morgan fingerprint density at radius 3 is 3.00 bits per heavy atom. The van der Waals surface area contributed by atoms with Gasteiger partial charge in [-0.2, -0.15) is 0 Å². The lowest BCUT2D eigenvalue weighted by atomic mass is 10.0. The van der Waals surface area contributed by atoms with Crippen LogP contribution < -0.4 is 0 Å². The van der Waals surface area contributed by atoms with Crippen LogP contribution in [0.3, 0.4) is 0 Å². The van der Waals surface area contributed by atoms with Crippen molar-refractivity contribution < 1.29 is 9.84 Å². The maximum atomic E-state index is 9.56. The summed E-state index contributed by atoms with van der Waals surface area (Å²) in [5, 5.41) is 9.56. The molecule has 0 aromatic carbocycles. The van der Waals surface area contributed by atoms with Gasteiger partial charge in [0.15, 0.2) is 0 Å². The van der Waals surface area contributed by atoms with E-state index in [0.717, 1.165) is 0 Å². The van der Waals surface area contributed by atoms with E-state index in [0.29, 0.717) is 19.2 Å².